The van der Waals surface area contributed by atoms with Crippen LogP contribution in [0.5, 0.6) is 0 Å². The fraction of sp³-hybridized carbons (Fsp3) is 0.333. The zero-order valence-corrected chi connectivity index (χ0v) is 15.2. The molecule has 3 rings (SSSR count). The molecule has 0 heterocycles. The van der Waals surface area contributed by atoms with E-state index in [0.717, 1.165) is 10.9 Å². The first-order valence-corrected chi connectivity index (χ1v) is 9.05. The molecule has 0 aromatic heterocycles. The average molecular weight is 409 g/mol. The summed E-state index contributed by atoms with van der Waals surface area (Å²) in [6.07, 6.45) is 3.48. The summed E-state index contributed by atoms with van der Waals surface area (Å²) in [6.45, 7) is 2.21. The molecule has 1 saturated carbocycles. The average Bonchev–Trinajstić information content (AvgIpc) is 2.44. The second-order valence-electron chi connectivity index (χ2n) is 5.69. The Balaban J connectivity index is 1.64. The summed E-state index contributed by atoms with van der Waals surface area (Å²) in [5.74, 6) is 0.679. The van der Waals surface area contributed by atoms with E-state index in [0.29, 0.717) is 12.0 Å². The van der Waals surface area contributed by atoms with Crippen molar-refractivity contribution in [1.29, 1.82) is 0 Å². The van der Waals surface area contributed by atoms with E-state index in [-0.39, 0.29) is 0 Å². The summed E-state index contributed by atoms with van der Waals surface area (Å²) in [7, 11) is 0. The molecule has 0 aliphatic heterocycles. The van der Waals surface area contributed by atoms with E-state index in [2.05, 4.69) is 86.6 Å². The quantitative estimate of drug-likeness (QED) is 0.641. The summed E-state index contributed by atoms with van der Waals surface area (Å²) >= 11 is 7.21. The smallest absolute Gasteiger partial charge is 0.0375 e. The SMILES string of the molecule is CCc1cc(Br)ccc1NC1CC(c2ccccc2Br)C1. The van der Waals surface area contributed by atoms with Crippen molar-refractivity contribution in [2.24, 2.45) is 0 Å². The van der Waals surface area contributed by atoms with Gasteiger partial charge in [-0.2, -0.15) is 0 Å². The molecular weight excluding hydrogens is 390 g/mol. The highest BCUT2D eigenvalue weighted by molar-refractivity contribution is 9.10. The minimum absolute atomic E-state index is 0.591. The first-order chi connectivity index (χ1) is 10.2. The zero-order chi connectivity index (χ0) is 14.8. The van der Waals surface area contributed by atoms with Gasteiger partial charge in [0, 0.05) is 20.7 Å². The van der Waals surface area contributed by atoms with Crippen LogP contribution < -0.4 is 5.32 Å². The lowest BCUT2D eigenvalue weighted by Crippen LogP contribution is -2.34. The summed E-state index contributed by atoms with van der Waals surface area (Å²) < 4.78 is 2.40. The molecule has 1 fully saturated rings. The number of aryl methyl sites for hydroxylation is 1. The topological polar surface area (TPSA) is 12.0 Å². The summed E-state index contributed by atoms with van der Waals surface area (Å²) in [4.78, 5) is 0. The molecule has 1 aliphatic carbocycles. The van der Waals surface area contributed by atoms with Gasteiger partial charge in [-0.3, -0.25) is 0 Å². The van der Waals surface area contributed by atoms with Crippen molar-refractivity contribution in [3.05, 3.63) is 62.5 Å². The van der Waals surface area contributed by atoms with Gasteiger partial charge in [0.15, 0.2) is 0 Å². The number of rotatable bonds is 4. The molecule has 0 spiro atoms. The molecule has 110 valence electrons. The summed E-state index contributed by atoms with van der Waals surface area (Å²) in [5, 5.41) is 3.71. The van der Waals surface area contributed by atoms with Crippen LogP contribution in [0.4, 0.5) is 5.69 Å². The Labute approximate surface area is 143 Å². The van der Waals surface area contributed by atoms with E-state index >= 15 is 0 Å². The highest BCUT2D eigenvalue weighted by atomic mass is 79.9. The zero-order valence-electron chi connectivity index (χ0n) is 12.1. The van der Waals surface area contributed by atoms with Crippen LogP contribution in [0, 0.1) is 0 Å². The Kier molecular flexibility index (Phi) is 4.70. The van der Waals surface area contributed by atoms with E-state index in [1.807, 2.05) is 0 Å². The van der Waals surface area contributed by atoms with Crippen LogP contribution in [-0.2, 0) is 6.42 Å². The number of nitrogens with one attached hydrogen (secondary N) is 1. The van der Waals surface area contributed by atoms with Crippen molar-refractivity contribution >= 4 is 37.5 Å². The van der Waals surface area contributed by atoms with Crippen LogP contribution in [0.15, 0.2) is 51.4 Å². The molecular formula is C18H19Br2N. The maximum atomic E-state index is 3.71. The second-order valence-corrected chi connectivity index (χ2v) is 7.46. The number of hydrogen-bond acceptors (Lipinski definition) is 1. The second kappa shape index (κ2) is 6.53. The number of anilines is 1. The van der Waals surface area contributed by atoms with Crippen LogP contribution in [0.3, 0.4) is 0 Å². The van der Waals surface area contributed by atoms with E-state index in [4.69, 9.17) is 0 Å². The molecule has 21 heavy (non-hydrogen) atoms. The minimum atomic E-state index is 0.591. The van der Waals surface area contributed by atoms with Gasteiger partial charge < -0.3 is 5.32 Å². The standard InChI is InChI=1S/C18H19Br2N/c1-2-12-9-14(19)7-8-18(12)21-15-10-13(11-15)16-5-3-4-6-17(16)20/h3-9,13,15,21H,2,10-11H2,1H3. The van der Waals surface area contributed by atoms with Crippen molar-refractivity contribution in [2.45, 2.75) is 38.1 Å². The van der Waals surface area contributed by atoms with Crippen LogP contribution in [0.2, 0.25) is 0 Å². The maximum absolute atomic E-state index is 3.71. The highest BCUT2D eigenvalue weighted by Gasteiger charge is 2.31. The van der Waals surface area contributed by atoms with Crippen LogP contribution in [0.1, 0.15) is 36.8 Å². The lowest BCUT2D eigenvalue weighted by Gasteiger charge is -2.37. The minimum Gasteiger partial charge on any atom is -0.382 e. The molecule has 2 aromatic rings. The third kappa shape index (κ3) is 3.35. The van der Waals surface area contributed by atoms with Crippen molar-refractivity contribution < 1.29 is 0 Å². The largest absolute Gasteiger partial charge is 0.382 e. The fourth-order valence-electron chi connectivity index (χ4n) is 3.01. The Morgan fingerprint density at radius 2 is 1.86 bits per heavy atom. The first-order valence-electron chi connectivity index (χ1n) is 7.46. The van der Waals surface area contributed by atoms with Gasteiger partial charge in [-0.1, -0.05) is 57.0 Å². The number of benzene rings is 2. The van der Waals surface area contributed by atoms with Gasteiger partial charge in [0.2, 0.25) is 0 Å². The molecule has 1 aliphatic rings. The van der Waals surface area contributed by atoms with E-state index in [9.17, 15) is 0 Å². The Bertz CT molecular complexity index is 633. The van der Waals surface area contributed by atoms with Crippen molar-refractivity contribution in [3.63, 3.8) is 0 Å². The van der Waals surface area contributed by atoms with Gasteiger partial charge in [-0.05, 0) is 60.6 Å². The van der Waals surface area contributed by atoms with Crippen LogP contribution >= 0.6 is 31.9 Å². The monoisotopic (exact) mass is 407 g/mol. The summed E-state index contributed by atoms with van der Waals surface area (Å²) in [5.41, 5.74) is 4.12. The Hall–Kier alpha value is -0.800. The predicted octanol–water partition coefficient (Wildman–Crippen LogP) is 6.13. The third-order valence-corrected chi connectivity index (χ3v) is 5.51. The van der Waals surface area contributed by atoms with E-state index in [1.165, 1.54) is 34.1 Å². The van der Waals surface area contributed by atoms with Gasteiger partial charge >= 0.3 is 0 Å². The highest BCUT2D eigenvalue weighted by Crippen LogP contribution is 2.41. The van der Waals surface area contributed by atoms with E-state index in [1.54, 1.807) is 0 Å². The van der Waals surface area contributed by atoms with Gasteiger partial charge in [0.05, 0.1) is 0 Å². The van der Waals surface area contributed by atoms with Crippen molar-refractivity contribution in [2.75, 3.05) is 5.32 Å². The van der Waals surface area contributed by atoms with Gasteiger partial charge in [0.25, 0.3) is 0 Å². The molecule has 0 saturated heterocycles. The van der Waals surface area contributed by atoms with Crippen molar-refractivity contribution in [3.8, 4) is 0 Å². The predicted molar refractivity (Wildman–Crippen MR) is 97.0 cm³/mol. The number of halogens is 2. The molecule has 1 nitrogen and oxygen atoms in total. The Morgan fingerprint density at radius 3 is 2.57 bits per heavy atom. The molecule has 0 unspecified atom stereocenters. The van der Waals surface area contributed by atoms with Crippen LogP contribution in [-0.4, -0.2) is 6.04 Å². The molecule has 0 bridgehead atoms. The number of hydrogen-bond donors (Lipinski definition) is 1. The molecule has 0 radical (unpaired) electrons. The fourth-order valence-corrected chi connectivity index (χ4v) is 4.03. The third-order valence-electron chi connectivity index (χ3n) is 4.29. The lowest BCUT2D eigenvalue weighted by atomic mass is 9.75. The van der Waals surface area contributed by atoms with Crippen molar-refractivity contribution in [1.82, 2.24) is 0 Å². The van der Waals surface area contributed by atoms with Crippen LogP contribution in [0.25, 0.3) is 0 Å². The Morgan fingerprint density at radius 1 is 1.10 bits per heavy atom. The summed E-state index contributed by atoms with van der Waals surface area (Å²) in [6, 6.07) is 15.7. The van der Waals surface area contributed by atoms with E-state index < -0.39 is 0 Å². The maximum Gasteiger partial charge on any atom is 0.0375 e. The molecule has 0 amide bonds. The van der Waals surface area contributed by atoms with Gasteiger partial charge in [-0.25, -0.2) is 0 Å². The molecule has 0 atom stereocenters. The normalized spacial score (nSPS) is 20.9. The first kappa shape index (κ1) is 15.1. The molecule has 2 aromatic carbocycles. The lowest BCUT2D eigenvalue weighted by molar-refractivity contribution is 0.373. The van der Waals surface area contributed by atoms with Gasteiger partial charge in [0.1, 0.15) is 0 Å². The molecule has 1 N–H and O–H groups in total. The van der Waals surface area contributed by atoms with Gasteiger partial charge in [-0.15, -0.1) is 0 Å². The molecule has 3 heteroatoms.